The van der Waals surface area contributed by atoms with Gasteiger partial charge >= 0.3 is 0 Å². The molecule has 0 heterocycles. The highest BCUT2D eigenvalue weighted by molar-refractivity contribution is 6.31. The molecule has 1 atom stereocenters. The Morgan fingerprint density at radius 1 is 1.15 bits per heavy atom. The first-order chi connectivity index (χ1) is 6.36. The molecule has 1 unspecified atom stereocenters. The topological polar surface area (TPSA) is 0 Å². The van der Waals surface area contributed by atoms with Gasteiger partial charge in [0.2, 0.25) is 0 Å². The quantitative estimate of drug-likeness (QED) is 0.631. The van der Waals surface area contributed by atoms with Crippen LogP contribution in [0.2, 0.25) is 0 Å². The van der Waals surface area contributed by atoms with Crippen LogP contribution in [-0.4, -0.2) is 0 Å². The Labute approximate surface area is 83.5 Å². The molecule has 0 radical (unpaired) electrons. The minimum absolute atomic E-state index is 0.457. The van der Waals surface area contributed by atoms with Gasteiger partial charge in [0, 0.05) is 11.0 Å². The van der Waals surface area contributed by atoms with Crippen LogP contribution >= 0.6 is 11.6 Å². The van der Waals surface area contributed by atoms with Crippen LogP contribution in [0.5, 0.6) is 0 Å². The van der Waals surface area contributed by atoms with E-state index in [9.17, 15) is 0 Å². The van der Waals surface area contributed by atoms with Gasteiger partial charge in [0.1, 0.15) is 0 Å². The van der Waals surface area contributed by atoms with Gasteiger partial charge in [-0.3, -0.25) is 0 Å². The largest absolute Gasteiger partial charge is 0.0847 e. The molecule has 1 aliphatic rings. The summed E-state index contributed by atoms with van der Waals surface area (Å²) in [7, 11) is 0. The summed E-state index contributed by atoms with van der Waals surface area (Å²) in [6.07, 6.45) is 7.25. The Morgan fingerprint density at radius 3 is 2.62 bits per heavy atom. The molecule has 0 aromatic heterocycles. The van der Waals surface area contributed by atoms with Crippen LogP contribution in [0.4, 0.5) is 0 Å². The highest BCUT2D eigenvalue weighted by Crippen LogP contribution is 2.27. The first-order valence-electron chi connectivity index (χ1n) is 4.45. The molecule has 1 heteroatoms. The first kappa shape index (κ1) is 8.58. The van der Waals surface area contributed by atoms with E-state index >= 15 is 0 Å². The van der Waals surface area contributed by atoms with Crippen molar-refractivity contribution in [1.82, 2.24) is 0 Å². The van der Waals surface area contributed by atoms with Gasteiger partial charge in [0.05, 0.1) is 0 Å². The van der Waals surface area contributed by atoms with Crippen molar-refractivity contribution < 1.29 is 0 Å². The Bertz CT molecular complexity index is 335. The first-order valence-corrected chi connectivity index (χ1v) is 4.83. The van der Waals surface area contributed by atoms with Crippen LogP contribution < -0.4 is 0 Å². The van der Waals surface area contributed by atoms with Gasteiger partial charge < -0.3 is 0 Å². The van der Waals surface area contributed by atoms with E-state index in [4.69, 9.17) is 11.6 Å². The number of hydrogen-bond donors (Lipinski definition) is 0. The molecule has 0 aliphatic heterocycles. The number of hydrogen-bond acceptors (Lipinski definition) is 0. The van der Waals surface area contributed by atoms with E-state index < -0.39 is 0 Å². The average Bonchev–Trinajstić information content (AvgIpc) is 2.19. The van der Waals surface area contributed by atoms with Crippen molar-refractivity contribution in [3.63, 3.8) is 0 Å². The number of rotatable bonds is 1. The van der Waals surface area contributed by atoms with Crippen LogP contribution in [0.3, 0.4) is 0 Å². The van der Waals surface area contributed by atoms with E-state index in [1.54, 1.807) is 0 Å². The molecule has 1 aromatic rings. The Kier molecular flexibility index (Phi) is 2.51. The van der Waals surface area contributed by atoms with Crippen molar-refractivity contribution in [2.24, 2.45) is 0 Å². The second kappa shape index (κ2) is 3.80. The lowest BCUT2D eigenvalue weighted by Crippen LogP contribution is -1.96. The fourth-order valence-electron chi connectivity index (χ4n) is 1.58. The summed E-state index contributed by atoms with van der Waals surface area (Å²) in [6, 6.07) is 10.5. The van der Waals surface area contributed by atoms with E-state index in [1.165, 1.54) is 5.56 Å². The number of allylic oxidation sites excluding steroid dienone is 4. The maximum atomic E-state index is 5.94. The fourth-order valence-corrected chi connectivity index (χ4v) is 1.82. The minimum Gasteiger partial charge on any atom is -0.0847 e. The third-order valence-electron chi connectivity index (χ3n) is 2.26. The molecule has 0 saturated carbocycles. The van der Waals surface area contributed by atoms with Crippen LogP contribution in [0.25, 0.3) is 0 Å². The van der Waals surface area contributed by atoms with Crippen molar-refractivity contribution in [1.29, 1.82) is 0 Å². The van der Waals surface area contributed by atoms with Crippen LogP contribution in [0, 0.1) is 0 Å². The second-order valence-electron chi connectivity index (χ2n) is 3.21. The maximum Gasteiger partial charge on any atom is 0.0369 e. The normalized spacial score (nSPS) is 21.3. The third kappa shape index (κ3) is 2.02. The average molecular weight is 191 g/mol. The van der Waals surface area contributed by atoms with Crippen molar-refractivity contribution in [3.8, 4) is 0 Å². The zero-order valence-corrected chi connectivity index (χ0v) is 8.04. The third-order valence-corrected chi connectivity index (χ3v) is 2.51. The lowest BCUT2D eigenvalue weighted by Gasteiger charge is -2.14. The van der Waals surface area contributed by atoms with E-state index in [2.05, 4.69) is 36.4 Å². The zero-order valence-electron chi connectivity index (χ0n) is 7.28. The van der Waals surface area contributed by atoms with Crippen molar-refractivity contribution in [3.05, 3.63) is 59.2 Å². The Balaban J connectivity index is 2.24. The molecule has 0 spiro atoms. The van der Waals surface area contributed by atoms with Gasteiger partial charge in [-0.15, -0.1) is 0 Å². The molecule has 0 fully saturated rings. The SMILES string of the molecule is ClC1=CC(c2ccccc2)CC=C1. The second-order valence-corrected chi connectivity index (χ2v) is 3.64. The van der Waals surface area contributed by atoms with E-state index in [-0.39, 0.29) is 0 Å². The van der Waals surface area contributed by atoms with Crippen molar-refractivity contribution in [2.45, 2.75) is 12.3 Å². The summed E-state index contributed by atoms with van der Waals surface area (Å²) in [6.45, 7) is 0. The standard InChI is InChI=1S/C12H11Cl/c13-12-8-4-7-11(9-12)10-5-2-1-3-6-10/h1-6,8-9,11H,7H2. The van der Waals surface area contributed by atoms with Gasteiger partial charge in [-0.05, 0) is 18.1 Å². The maximum absolute atomic E-state index is 5.94. The predicted molar refractivity (Wildman–Crippen MR) is 56.9 cm³/mol. The predicted octanol–water partition coefficient (Wildman–Crippen LogP) is 3.85. The molecular weight excluding hydrogens is 180 g/mol. The lowest BCUT2D eigenvalue weighted by atomic mass is 9.93. The molecule has 0 amide bonds. The molecule has 0 saturated heterocycles. The molecule has 1 aromatic carbocycles. The summed E-state index contributed by atoms with van der Waals surface area (Å²) in [5.74, 6) is 0.457. The lowest BCUT2D eigenvalue weighted by molar-refractivity contribution is 0.851. The molecule has 0 nitrogen and oxygen atoms in total. The molecule has 0 N–H and O–H groups in total. The molecule has 1 aliphatic carbocycles. The molecule has 13 heavy (non-hydrogen) atoms. The summed E-state index contributed by atoms with van der Waals surface area (Å²) >= 11 is 5.94. The minimum atomic E-state index is 0.457. The highest BCUT2D eigenvalue weighted by atomic mass is 35.5. The zero-order chi connectivity index (χ0) is 9.10. The summed E-state index contributed by atoms with van der Waals surface area (Å²) in [5, 5.41) is 0.847. The van der Waals surface area contributed by atoms with E-state index in [0.29, 0.717) is 5.92 Å². The summed E-state index contributed by atoms with van der Waals surface area (Å²) in [4.78, 5) is 0. The van der Waals surface area contributed by atoms with Gasteiger partial charge in [-0.25, -0.2) is 0 Å². The van der Waals surface area contributed by atoms with E-state index in [0.717, 1.165) is 11.5 Å². The van der Waals surface area contributed by atoms with Crippen LogP contribution in [0.15, 0.2) is 53.6 Å². The van der Waals surface area contributed by atoms with Gasteiger partial charge in [0.25, 0.3) is 0 Å². The number of halogens is 1. The highest BCUT2D eigenvalue weighted by Gasteiger charge is 2.09. The monoisotopic (exact) mass is 190 g/mol. The van der Waals surface area contributed by atoms with Gasteiger partial charge in [-0.1, -0.05) is 54.1 Å². The summed E-state index contributed by atoms with van der Waals surface area (Å²) in [5.41, 5.74) is 1.34. The van der Waals surface area contributed by atoms with E-state index in [1.807, 2.05) is 12.1 Å². The Morgan fingerprint density at radius 2 is 1.92 bits per heavy atom. The van der Waals surface area contributed by atoms with Gasteiger partial charge in [-0.2, -0.15) is 0 Å². The van der Waals surface area contributed by atoms with Crippen LogP contribution in [-0.2, 0) is 0 Å². The molecule has 66 valence electrons. The van der Waals surface area contributed by atoms with Crippen molar-refractivity contribution in [2.75, 3.05) is 0 Å². The smallest absolute Gasteiger partial charge is 0.0369 e. The molecule has 0 bridgehead atoms. The van der Waals surface area contributed by atoms with Crippen LogP contribution in [0.1, 0.15) is 17.9 Å². The van der Waals surface area contributed by atoms with Gasteiger partial charge in [0.15, 0.2) is 0 Å². The Hall–Kier alpha value is -1.01. The molecule has 2 rings (SSSR count). The number of benzene rings is 1. The molecular formula is C12H11Cl. The van der Waals surface area contributed by atoms with Crippen molar-refractivity contribution >= 4 is 11.6 Å². The fraction of sp³-hybridized carbons (Fsp3) is 0.167. The summed E-state index contributed by atoms with van der Waals surface area (Å²) < 4.78 is 0.